The Morgan fingerprint density at radius 2 is 1.80 bits per heavy atom. The van der Waals surface area contributed by atoms with Gasteiger partial charge in [0.1, 0.15) is 0 Å². The first-order valence-corrected chi connectivity index (χ1v) is 5.43. The fourth-order valence-electron chi connectivity index (χ4n) is 1.67. The van der Waals surface area contributed by atoms with Crippen LogP contribution in [-0.2, 0) is 0 Å². The van der Waals surface area contributed by atoms with Crippen molar-refractivity contribution < 1.29 is 4.42 Å². The van der Waals surface area contributed by atoms with E-state index >= 15 is 0 Å². The number of hydrogen-bond donors (Lipinski definition) is 0. The average Bonchev–Trinajstić information content (AvgIpc) is 2.82. The molecule has 1 atom stereocenters. The summed E-state index contributed by atoms with van der Waals surface area (Å²) in [6, 6.07) is 10.7. The van der Waals surface area contributed by atoms with Crippen molar-refractivity contribution in [1.82, 2.24) is 0 Å². The van der Waals surface area contributed by atoms with E-state index in [0.29, 0.717) is 5.92 Å². The molecule has 0 aliphatic heterocycles. The van der Waals surface area contributed by atoms with E-state index in [1.807, 2.05) is 6.07 Å². The molecule has 15 heavy (non-hydrogen) atoms. The molecular weight excluding hydrogens is 184 g/mol. The number of furan rings is 1. The number of rotatable bonds is 3. The van der Waals surface area contributed by atoms with E-state index in [2.05, 4.69) is 38.1 Å². The van der Waals surface area contributed by atoms with Gasteiger partial charge in [0.15, 0.2) is 0 Å². The first-order chi connectivity index (χ1) is 7.31. The molecule has 0 N–H and O–H groups in total. The molecule has 0 saturated carbocycles. The van der Waals surface area contributed by atoms with Crippen LogP contribution in [0.2, 0.25) is 0 Å². The van der Waals surface area contributed by atoms with Gasteiger partial charge in [0.25, 0.3) is 0 Å². The lowest BCUT2D eigenvalue weighted by atomic mass is 9.96. The molecule has 1 aromatic carbocycles. The van der Waals surface area contributed by atoms with Crippen molar-refractivity contribution >= 4 is 0 Å². The van der Waals surface area contributed by atoms with Gasteiger partial charge < -0.3 is 4.42 Å². The molecule has 2 aromatic rings. The van der Waals surface area contributed by atoms with Gasteiger partial charge in [-0.25, -0.2) is 0 Å². The van der Waals surface area contributed by atoms with Crippen molar-refractivity contribution in [2.45, 2.75) is 26.2 Å². The van der Waals surface area contributed by atoms with Crippen molar-refractivity contribution in [3.63, 3.8) is 0 Å². The van der Waals surface area contributed by atoms with Crippen molar-refractivity contribution in [1.29, 1.82) is 0 Å². The molecule has 78 valence electrons. The minimum Gasteiger partial charge on any atom is -0.472 e. The molecule has 0 aliphatic rings. The Balaban J connectivity index is 2.25. The van der Waals surface area contributed by atoms with Crippen molar-refractivity contribution in [2.75, 3.05) is 0 Å². The molecule has 0 saturated heterocycles. The van der Waals surface area contributed by atoms with Crippen molar-refractivity contribution in [3.05, 3.63) is 48.4 Å². The Hall–Kier alpha value is -1.50. The zero-order valence-corrected chi connectivity index (χ0v) is 9.23. The van der Waals surface area contributed by atoms with Gasteiger partial charge in [0.05, 0.1) is 12.5 Å². The molecule has 1 heteroatoms. The largest absolute Gasteiger partial charge is 0.472 e. The SMILES string of the molecule is CCC(C)c1ccc(-c2ccoc2)cc1. The lowest BCUT2D eigenvalue weighted by Gasteiger charge is -2.08. The fraction of sp³-hybridized carbons (Fsp3) is 0.286. The third-order valence-electron chi connectivity index (χ3n) is 2.95. The summed E-state index contributed by atoms with van der Waals surface area (Å²) in [5, 5.41) is 0. The van der Waals surface area contributed by atoms with Crippen LogP contribution in [0.3, 0.4) is 0 Å². The first-order valence-electron chi connectivity index (χ1n) is 5.43. The highest BCUT2D eigenvalue weighted by Crippen LogP contribution is 2.24. The monoisotopic (exact) mass is 200 g/mol. The molecule has 0 fully saturated rings. The smallest absolute Gasteiger partial charge is 0.0980 e. The molecule has 1 heterocycles. The molecule has 0 amide bonds. The highest BCUT2D eigenvalue weighted by atomic mass is 16.3. The van der Waals surface area contributed by atoms with Crippen LogP contribution in [0.4, 0.5) is 0 Å². The van der Waals surface area contributed by atoms with Crippen molar-refractivity contribution in [2.24, 2.45) is 0 Å². The Bertz CT molecular complexity index is 397. The maximum Gasteiger partial charge on any atom is 0.0980 e. The van der Waals surface area contributed by atoms with Crippen LogP contribution in [0, 0.1) is 0 Å². The molecule has 0 spiro atoms. The minimum absolute atomic E-state index is 0.642. The van der Waals surface area contributed by atoms with Gasteiger partial charge in [-0.05, 0) is 29.5 Å². The second-order valence-corrected chi connectivity index (χ2v) is 3.94. The van der Waals surface area contributed by atoms with Gasteiger partial charge >= 0.3 is 0 Å². The quantitative estimate of drug-likeness (QED) is 0.713. The summed E-state index contributed by atoms with van der Waals surface area (Å²) in [5.41, 5.74) is 3.77. The minimum atomic E-state index is 0.642. The summed E-state index contributed by atoms with van der Waals surface area (Å²) in [6.45, 7) is 4.47. The summed E-state index contributed by atoms with van der Waals surface area (Å²) >= 11 is 0. The zero-order chi connectivity index (χ0) is 10.7. The summed E-state index contributed by atoms with van der Waals surface area (Å²) in [6.07, 6.45) is 4.67. The molecule has 0 radical (unpaired) electrons. The lowest BCUT2D eigenvalue weighted by molar-refractivity contribution is 0.568. The Labute approximate surface area is 90.7 Å². The van der Waals surface area contributed by atoms with Gasteiger partial charge in [-0.1, -0.05) is 38.1 Å². The summed E-state index contributed by atoms with van der Waals surface area (Å²) < 4.78 is 5.07. The molecule has 0 bridgehead atoms. The molecule has 1 unspecified atom stereocenters. The Kier molecular flexibility index (Phi) is 2.91. The molecule has 0 aliphatic carbocycles. The highest BCUT2D eigenvalue weighted by Gasteiger charge is 2.03. The van der Waals surface area contributed by atoms with Crippen LogP contribution in [0.25, 0.3) is 11.1 Å². The Morgan fingerprint density at radius 1 is 1.07 bits per heavy atom. The van der Waals surface area contributed by atoms with E-state index in [1.54, 1.807) is 12.5 Å². The second-order valence-electron chi connectivity index (χ2n) is 3.94. The third-order valence-corrected chi connectivity index (χ3v) is 2.95. The predicted molar refractivity (Wildman–Crippen MR) is 62.9 cm³/mol. The lowest BCUT2D eigenvalue weighted by Crippen LogP contribution is -1.90. The van der Waals surface area contributed by atoms with E-state index in [9.17, 15) is 0 Å². The van der Waals surface area contributed by atoms with Crippen molar-refractivity contribution in [3.8, 4) is 11.1 Å². The predicted octanol–water partition coefficient (Wildman–Crippen LogP) is 4.46. The number of benzene rings is 1. The van der Waals surface area contributed by atoms with Gasteiger partial charge in [0, 0.05) is 5.56 Å². The maximum atomic E-state index is 5.07. The van der Waals surface area contributed by atoms with E-state index < -0.39 is 0 Å². The first kappa shape index (κ1) is 10.0. The van der Waals surface area contributed by atoms with E-state index in [1.165, 1.54) is 17.5 Å². The van der Waals surface area contributed by atoms with Gasteiger partial charge in [-0.15, -0.1) is 0 Å². The van der Waals surface area contributed by atoms with Crippen LogP contribution < -0.4 is 0 Å². The van der Waals surface area contributed by atoms with E-state index in [-0.39, 0.29) is 0 Å². The van der Waals surface area contributed by atoms with Crippen LogP contribution in [0.5, 0.6) is 0 Å². The summed E-state index contributed by atoms with van der Waals surface area (Å²) in [4.78, 5) is 0. The van der Waals surface area contributed by atoms with Crippen LogP contribution in [-0.4, -0.2) is 0 Å². The molecular formula is C14H16O. The normalized spacial score (nSPS) is 12.7. The zero-order valence-electron chi connectivity index (χ0n) is 9.23. The summed E-state index contributed by atoms with van der Waals surface area (Å²) in [7, 11) is 0. The topological polar surface area (TPSA) is 13.1 Å². The fourth-order valence-corrected chi connectivity index (χ4v) is 1.67. The van der Waals surface area contributed by atoms with Gasteiger partial charge in [-0.2, -0.15) is 0 Å². The van der Waals surface area contributed by atoms with Crippen LogP contribution in [0.1, 0.15) is 31.7 Å². The van der Waals surface area contributed by atoms with Crippen LogP contribution >= 0.6 is 0 Å². The molecule has 1 nitrogen and oxygen atoms in total. The van der Waals surface area contributed by atoms with Gasteiger partial charge in [0.2, 0.25) is 0 Å². The standard InChI is InChI=1S/C14H16O/c1-3-11(2)12-4-6-13(7-5-12)14-8-9-15-10-14/h4-11H,3H2,1-2H3. The van der Waals surface area contributed by atoms with E-state index in [0.717, 1.165) is 5.56 Å². The molecule has 1 aromatic heterocycles. The maximum absolute atomic E-state index is 5.07. The van der Waals surface area contributed by atoms with Gasteiger partial charge in [-0.3, -0.25) is 0 Å². The Morgan fingerprint density at radius 3 is 2.33 bits per heavy atom. The molecule has 2 rings (SSSR count). The highest BCUT2D eigenvalue weighted by molar-refractivity contribution is 5.62. The second kappa shape index (κ2) is 4.35. The third kappa shape index (κ3) is 2.12. The van der Waals surface area contributed by atoms with E-state index in [4.69, 9.17) is 4.42 Å². The summed E-state index contributed by atoms with van der Waals surface area (Å²) in [5.74, 6) is 0.642. The average molecular weight is 200 g/mol. The van der Waals surface area contributed by atoms with Crippen LogP contribution in [0.15, 0.2) is 47.3 Å². The number of hydrogen-bond acceptors (Lipinski definition) is 1.